The highest BCUT2D eigenvalue weighted by Gasteiger charge is 2.17. The average molecular weight is 257 g/mol. The number of fused-ring (bicyclic) bond motifs is 1. The van der Waals surface area contributed by atoms with Gasteiger partial charge in [0, 0.05) is 23.3 Å². The maximum absolute atomic E-state index is 4.54. The van der Waals surface area contributed by atoms with Crippen LogP contribution in [0.3, 0.4) is 0 Å². The van der Waals surface area contributed by atoms with Gasteiger partial charge < -0.3 is 0 Å². The molecule has 0 aliphatic carbocycles. The zero-order chi connectivity index (χ0) is 12.8. The summed E-state index contributed by atoms with van der Waals surface area (Å²) < 4.78 is 1.81. The molecule has 0 unspecified atom stereocenters. The molecule has 0 aliphatic heterocycles. The van der Waals surface area contributed by atoms with Crippen molar-refractivity contribution in [3.8, 4) is 10.6 Å². The van der Waals surface area contributed by atoms with Crippen molar-refractivity contribution in [2.24, 2.45) is 0 Å². The molecule has 4 heteroatoms. The molecule has 3 rings (SSSR count). The summed E-state index contributed by atoms with van der Waals surface area (Å²) in [5.41, 5.74) is 2.08. The molecule has 0 aromatic carbocycles. The van der Waals surface area contributed by atoms with E-state index in [1.807, 2.05) is 22.8 Å². The van der Waals surface area contributed by atoms with Crippen LogP contribution >= 0.6 is 11.3 Å². The lowest BCUT2D eigenvalue weighted by molar-refractivity contribution is 0.604. The highest BCUT2D eigenvalue weighted by Crippen LogP contribution is 2.34. The molecule has 3 aromatic rings. The third-order valence-corrected chi connectivity index (χ3v) is 4.37. The minimum atomic E-state index is 0.195. The third-order valence-electron chi connectivity index (χ3n) is 2.83. The van der Waals surface area contributed by atoms with E-state index in [-0.39, 0.29) is 5.41 Å². The van der Waals surface area contributed by atoms with Crippen molar-refractivity contribution in [2.75, 3.05) is 0 Å². The number of hydrogen-bond donors (Lipinski definition) is 0. The fraction of sp³-hybridized carbons (Fsp3) is 0.286. The van der Waals surface area contributed by atoms with Gasteiger partial charge >= 0.3 is 0 Å². The maximum atomic E-state index is 4.54. The Morgan fingerprint density at radius 1 is 1.22 bits per heavy atom. The lowest BCUT2D eigenvalue weighted by Gasteiger charge is -2.15. The van der Waals surface area contributed by atoms with E-state index >= 15 is 0 Å². The van der Waals surface area contributed by atoms with E-state index in [0.29, 0.717) is 0 Å². The molecule has 92 valence electrons. The van der Waals surface area contributed by atoms with Crippen LogP contribution in [0.1, 0.15) is 25.6 Å². The number of thiophene rings is 1. The molecular formula is C14H15N3S. The molecule has 0 amide bonds. The largest absolute Gasteiger partial charge is 0.237 e. The molecule has 0 fully saturated rings. The van der Waals surface area contributed by atoms with Crippen LogP contribution in [-0.4, -0.2) is 14.6 Å². The smallest absolute Gasteiger partial charge is 0.155 e. The number of rotatable bonds is 1. The fourth-order valence-corrected chi connectivity index (χ4v) is 2.85. The van der Waals surface area contributed by atoms with E-state index in [9.17, 15) is 0 Å². The summed E-state index contributed by atoms with van der Waals surface area (Å²) in [4.78, 5) is 6.86. The molecule has 18 heavy (non-hydrogen) atoms. The van der Waals surface area contributed by atoms with Crippen molar-refractivity contribution >= 4 is 17.0 Å². The van der Waals surface area contributed by atoms with Crippen molar-refractivity contribution < 1.29 is 0 Å². The van der Waals surface area contributed by atoms with Crippen molar-refractivity contribution in [2.45, 2.75) is 26.2 Å². The van der Waals surface area contributed by atoms with Gasteiger partial charge in [0.1, 0.15) is 5.69 Å². The molecule has 0 bridgehead atoms. The number of hydrogen-bond acceptors (Lipinski definition) is 3. The van der Waals surface area contributed by atoms with Gasteiger partial charge in [-0.3, -0.25) is 0 Å². The summed E-state index contributed by atoms with van der Waals surface area (Å²) in [5.74, 6) is 0. The monoisotopic (exact) mass is 257 g/mol. The summed E-state index contributed by atoms with van der Waals surface area (Å²) in [6.45, 7) is 6.69. The second kappa shape index (κ2) is 3.92. The molecule has 0 spiro atoms. The van der Waals surface area contributed by atoms with E-state index in [2.05, 4.69) is 43.0 Å². The molecule has 3 heterocycles. The van der Waals surface area contributed by atoms with E-state index in [1.165, 1.54) is 9.75 Å². The third kappa shape index (κ3) is 1.93. The molecule has 0 aliphatic rings. The Balaban J connectivity index is 2.06. The van der Waals surface area contributed by atoms with Crippen LogP contribution in [0.15, 0.2) is 36.7 Å². The summed E-state index contributed by atoms with van der Waals surface area (Å²) in [7, 11) is 0. The van der Waals surface area contributed by atoms with Crippen molar-refractivity contribution in [3.05, 3.63) is 41.5 Å². The van der Waals surface area contributed by atoms with Crippen LogP contribution in [0.5, 0.6) is 0 Å². The zero-order valence-corrected chi connectivity index (χ0v) is 11.5. The molecular weight excluding hydrogens is 242 g/mol. The van der Waals surface area contributed by atoms with Crippen LogP contribution in [0.4, 0.5) is 0 Å². The van der Waals surface area contributed by atoms with Gasteiger partial charge in [-0.15, -0.1) is 11.3 Å². The van der Waals surface area contributed by atoms with Crippen molar-refractivity contribution in [3.63, 3.8) is 0 Å². The van der Waals surface area contributed by atoms with Gasteiger partial charge in [0.05, 0.1) is 4.88 Å². The van der Waals surface area contributed by atoms with E-state index in [1.54, 1.807) is 17.5 Å². The molecule has 0 saturated carbocycles. The Morgan fingerprint density at radius 3 is 2.72 bits per heavy atom. The van der Waals surface area contributed by atoms with E-state index in [0.717, 1.165) is 11.3 Å². The van der Waals surface area contributed by atoms with Crippen LogP contribution in [0, 0.1) is 0 Å². The van der Waals surface area contributed by atoms with Crippen LogP contribution in [0.2, 0.25) is 0 Å². The Kier molecular flexibility index (Phi) is 2.48. The average Bonchev–Trinajstić information content (AvgIpc) is 2.94. The van der Waals surface area contributed by atoms with Gasteiger partial charge in [0.2, 0.25) is 0 Å². The molecule has 0 N–H and O–H groups in total. The zero-order valence-electron chi connectivity index (χ0n) is 10.7. The second-order valence-corrected chi connectivity index (χ2v) is 6.45. The highest BCUT2D eigenvalue weighted by molar-refractivity contribution is 7.15. The molecule has 3 aromatic heterocycles. The first kappa shape index (κ1) is 11.4. The van der Waals surface area contributed by atoms with Crippen LogP contribution < -0.4 is 0 Å². The van der Waals surface area contributed by atoms with Crippen LogP contribution in [-0.2, 0) is 5.41 Å². The van der Waals surface area contributed by atoms with Gasteiger partial charge in [-0.25, -0.2) is 9.50 Å². The SMILES string of the molecule is CC(C)(C)c1ccc(-c2cc3ncccn3n2)s1. The quantitative estimate of drug-likeness (QED) is 0.664. The lowest BCUT2D eigenvalue weighted by atomic mass is 9.95. The number of nitrogens with zero attached hydrogens (tertiary/aromatic N) is 3. The van der Waals surface area contributed by atoms with Crippen LogP contribution in [0.25, 0.3) is 16.2 Å². The van der Waals surface area contributed by atoms with E-state index < -0.39 is 0 Å². The maximum Gasteiger partial charge on any atom is 0.155 e. The van der Waals surface area contributed by atoms with E-state index in [4.69, 9.17) is 0 Å². The number of aromatic nitrogens is 3. The first-order valence-corrected chi connectivity index (χ1v) is 6.77. The van der Waals surface area contributed by atoms with Crippen molar-refractivity contribution in [1.82, 2.24) is 14.6 Å². The molecule has 0 radical (unpaired) electrons. The minimum absolute atomic E-state index is 0.195. The Hall–Kier alpha value is -1.68. The normalized spacial score (nSPS) is 12.2. The lowest BCUT2D eigenvalue weighted by Crippen LogP contribution is -2.07. The van der Waals surface area contributed by atoms with Gasteiger partial charge in [-0.1, -0.05) is 20.8 Å². The standard InChI is InChI=1S/C14H15N3S/c1-14(2,3)12-6-5-11(18-12)10-9-13-15-7-4-8-17(13)16-10/h4-9H,1-3H3. The summed E-state index contributed by atoms with van der Waals surface area (Å²) in [6, 6.07) is 8.25. The predicted molar refractivity (Wildman–Crippen MR) is 75.0 cm³/mol. The van der Waals surface area contributed by atoms with Gasteiger partial charge in [0.25, 0.3) is 0 Å². The Labute approximate surface area is 110 Å². The van der Waals surface area contributed by atoms with Crippen molar-refractivity contribution in [1.29, 1.82) is 0 Å². The first-order valence-electron chi connectivity index (χ1n) is 5.95. The van der Waals surface area contributed by atoms with Gasteiger partial charge in [0.15, 0.2) is 5.65 Å². The first-order chi connectivity index (χ1) is 8.54. The molecule has 0 atom stereocenters. The summed E-state index contributed by atoms with van der Waals surface area (Å²) >= 11 is 1.80. The summed E-state index contributed by atoms with van der Waals surface area (Å²) in [6.07, 6.45) is 3.71. The Morgan fingerprint density at radius 2 is 2.06 bits per heavy atom. The molecule has 3 nitrogen and oxygen atoms in total. The molecule has 0 saturated heterocycles. The summed E-state index contributed by atoms with van der Waals surface area (Å²) in [5, 5.41) is 4.54. The fourth-order valence-electron chi connectivity index (χ4n) is 1.83. The van der Waals surface area contributed by atoms with Gasteiger partial charge in [-0.05, 0) is 23.6 Å². The highest BCUT2D eigenvalue weighted by atomic mass is 32.1. The second-order valence-electron chi connectivity index (χ2n) is 5.37. The minimum Gasteiger partial charge on any atom is -0.237 e. The predicted octanol–water partition coefficient (Wildman–Crippen LogP) is 3.76. The Bertz CT molecular complexity index is 655. The topological polar surface area (TPSA) is 30.2 Å². The van der Waals surface area contributed by atoms with Gasteiger partial charge in [-0.2, -0.15) is 5.10 Å².